The van der Waals surface area contributed by atoms with Crippen LogP contribution >= 0.6 is 0 Å². The molecular weight excluding hydrogens is 206 g/mol. The zero-order valence-corrected chi connectivity index (χ0v) is 11.4. The van der Waals surface area contributed by atoms with Crippen molar-refractivity contribution in [2.75, 3.05) is 6.54 Å². The molecule has 0 aliphatic heterocycles. The van der Waals surface area contributed by atoms with Gasteiger partial charge in [0.25, 0.3) is 0 Å². The van der Waals surface area contributed by atoms with Gasteiger partial charge >= 0.3 is 0 Å². The molecule has 0 radical (unpaired) electrons. The second-order valence-electron chi connectivity index (χ2n) is 4.37. The third-order valence-electron chi connectivity index (χ3n) is 3.14. The van der Waals surface area contributed by atoms with Gasteiger partial charge in [0.05, 0.1) is 0 Å². The van der Waals surface area contributed by atoms with Crippen LogP contribution in [0.2, 0.25) is 0 Å². The summed E-state index contributed by atoms with van der Waals surface area (Å²) in [5.41, 5.74) is 2.82. The Morgan fingerprint density at radius 3 is 2.41 bits per heavy atom. The lowest BCUT2D eigenvalue weighted by Crippen LogP contribution is -2.21. The Morgan fingerprint density at radius 2 is 1.88 bits per heavy atom. The summed E-state index contributed by atoms with van der Waals surface area (Å²) in [6, 6.07) is 9.49. The maximum absolute atomic E-state index is 3.61. The molecule has 1 nitrogen and oxygen atoms in total. The van der Waals surface area contributed by atoms with Crippen LogP contribution in [0.1, 0.15) is 50.8 Å². The molecule has 0 aromatic heterocycles. The van der Waals surface area contributed by atoms with Gasteiger partial charge in [-0.25, -0.2) is 0 Å². The molecule has 1 atom stereocenters. The van der Waals surface area contributed by atoms with Crippen molar-refractivity contribution in [1.82, 2.24) is 5.32 Å². The van der Waals surface area contributed by atoms with Crippen molar-refractivity contribution in [3.8, 4) is 0 Å². The van der Waals surface area contributed by atoms with Crippen molar-refractivity contribution in [3.63, 3.8) is 0 Å². The zero-order valence-electron chi connectivity index (χ0n) is 11.4. The lowest BCUT2D eigenvalue weighted by atomic mass is 10.0. The molecule has 1 aromatic rings. The number of allylic oxidation sites excluding steroid dienone is 1. The van der Waals surface area contributed by atoms with E-state index in [9.17, 15) is 0 Å². The van der Waals surface area contributed by atoms with Crippen LogP contribution in [0.15, 0.2) is 36.4 Å². The van der Waals surface area contributed by atoms with Crippen molar-refractivity contribution in [1.29, 1.82) is 0 Å². The molecule has 0 saturated carbocycles. The molecule has 1 N–H and O–H groups in total. The van der Waals surface area contributed by atoms with E-state index in [-0.39, 0.29) is 0 Å². The summed E-state index contributed by atoms with van der Waals surface area (Å²) >= 11 is 0. The van der Waals surface area contributed by atoms with Crippen LogP contribution in [-0.4, -0.2) is 6.54 Å². The molecule has 0 saturated heterocycles. The standard InChI is InChI=1S/C16H25N/c1-4-7-8-13-17-16(6-3)15-11-9-14(5-2)10-12-15/h4,7,9-12,16-17H,5-6,8,13H2,1-3H3/b7-4+. The SMILES string of the molecule is C/C=C/CCNC(CC)c1ccc(CC)cc1. The fraction of sp³-hybridized carbons (Fsp3) is 0.500. The first-order chi connectivity index (χ1) is 8.31. The van der Waals surface area contributed by atoms with Crippen molar-refractivity contribution >= 4 is 0 Å². The number of hydrogen-bond donors (Lipinski definition) is 1. The lowest BCUT2D eigenvalue weighted by molar-refractivity contribution is 0.525. The quantitative estimate of drug-likeness (QED) is 0.546. The van der Waals surface area contributed by atoms with Crippen molar-refractivity contribution in [2.45, 2.75) is 46.1 Å². The Hall–Kier alpha value is -1.08. The Balaban J connectivity index is 2.53. The van der Waals surface area contributed by atoms with Crippen molar-refractivity contribution in [3.05, 3.63) is 47.5 Å². The van der Waals surface area contributed by atoms with Gasteiger partial charge in [0.1, 0.15) is 0 Å². The van der Waals surface area contributed by atoms with Gasteiger partial charge in [0, 0.05) is 6.04 Å². The number of nitrogens with one attached hydrogen (secondary N) is 1. The molecule has 0 heterocycles. The minimum absolute atomic E-state index is 0.492. The van der Waals surface area contributed by atoms with Gasteiger partial charge in [0.15, 0.2) is 0 Å². The van der Waals surface area contributed by atoms with Gasteiger partial charge in [0.2, 0.25) is 0 Å². The molecule has 0 spiro atoms. The summed E-state index contributed by atoms with van der Waals surface area (Å²) in [6.45, 7) is 7.56. The Morgan fingerprint density at radius 1 is 1.18 bits per heavy atom. The average molecular weight is 231 g/mol. The molecule has 1 unspecified atom stereocenters. The molecule has 94 valence electrons. The van der Waals surface area contributed by atoms with Crippen LogP contribution in [0.3, 0.4) is 0 Å². The zero-order chi connectivity index (χ0) is 12.5. The van der Waals surface area contributed by atoms with Crippen LogP contribution in [0.25, 0.3) is 0 Å². The van der Waals surface area contributed by atoms with E-state index < -0.39 is 0 Å². The predicted octanol–water partition coefficient (Wildman–Crippen LogP) is 4.26. The number of benzene rings is 1. The Labute approximate surface area is 106 Å². The van der Waals surface area contributed by atoms with E-state index in [0.29, 0.717) is 6.04 Å². The van der Waals surface area contributed by atoms with E-state index >= 15 is 0 Å². The van der Waals surface area contributed by atoms with Gasteiger partial charge in [-0.1, -0.05) is 50.3 Å². The molecule has 0 aliphatic carbocycles. The van der Waals surface area contributed by atoms with Gasteiger partial charge in [-0.15, -0.1) is 0 Å². The van der Waals surface area contributed by atoms with E-state index in [1.54, 1.807) is 0 Å². The van der Waals surface area contributed by atoms with Crippen LogP contribution in [0.5, 0.6) is 0 Å². The Bertz CT molecular complexity index is 324. The molecular formula is C16H25N. The Kier molecular flexibility index (Phi) is 6.64. The van der Waals surface area contributed by atoms with Crippen molar-refractivity contribution in [2.24, 2.45) is 0 Å². The van der Waals surface area contributed by atoms with E-state index in [4.69, 9.17) is 0 Å². The molecule has 0 fully saturated rings. The third-order valence-corrected chi connectivity index (χ3v) is 3.14. The van der Waals surface area contributed by atoms with Crippen LogP contribution in [0.4, 0.5) is 0 Å². The van der Waals surface area contributed by atoms with Gasteiger partial charge in [-0.3, -0.25) is 0 Å². The smallest absolute Gasteiger partial charge is 0.0317 e. The van der Waals surface area contributed by atoms with E-state index in [1.165, 1.54) is 11.1 Å². The maximum atomic E-state index is 3.61. The highest BCUT2D eigenvalue weighted by molar-refractivity contribution is 5.25. The highest BCUT2D eigenvalue weighted by Crippen LogP contribution is 2.17. The summed E-state index contributed by atoms with van der Waals surface area (Å²) in [6.07, 6.45) is 7.69. The molecule has 17 heavy (non-hydrogen) atoms. The first-order valence-corrected chi connectivity index (χ1v) is 6.75. The summed E-state index contributed by atoms with van der Waals surface area (Å²) in [5, 5.41) is 3.61. The second kappa shape index (κ2) is 8.08. The number of aryl methyl sites for hydroxylation is 1. The van der Waals surface area contributed by atoms with E-state index in [2.05, 4.69) is 62.5 Å². The van der Waals surface area contributed by atoms with Crippen LogP contribution in [0, 0.1) is 0 Å². The fourth-order valence-electron chi connectivity index (χ4n) is 1.99. The molecule has 0 bridgehead atoms. The number of rotatable bonds is 7. The van der Waals surface area contributed by atoms with Crippen molar-refractivity contribution < 1.29 is 0 Å². The predicted molar refractivity (Wildman–Crippen MR) is 76.3 cm³/mol. The van der Waals surface area contributed by atoms with Gasteiger partial charge in [-0.2, -0.15) is 0 Å². The summed E-state index contributed by atoms with van der Waals surface area (Å²) in [4.78, 5) is 0. The van der Waals surface area contributed by atoms with E-state index in [1.807, 2.05) is 0 Å². The minimum Gasteiger partial charge on any atom is -0.310 e. The monoisotopic (exact) mass is 231 g/mol. The molecule has 0 aliphatic rings. The topological polar surface area (TPSA) is 12.0 Å². The van der Waals surface area contributed by atoms with Gasteiger partial charge in [-0.05, 0) is 43.9 Å². The largest absolute Gasteiger partial charge is 0.310 e. The molecule has 1 heteroatoms. The first kappa shape index (κ1) is 14.0. The highest BCUT2D eigenvalue weighted by Gasteiger charge is 2.07. The highest BCUT2D eigenvalue weighted by atomic mass is 14.9. The minimum atomic E-state index is 0.492. The number of hydrogen-bond acceptors (Lipinski definition) is 1. The average Bonchev–Trinajstić information content (AvgIpc) is 2.39. The fourth-order valence-corrected chi connectivity index (χ4v) is 1.99. The second-order valence-corrected chi connectivity index (χ2v) is 4.37. The third kappa shape index (κ3) is 4.74. The van der Waals surface area contributed by atoms with Crippen LogP contribution < -0.4 is 5.32 Å². The lowest BCUT2D eigenvalue weighted by Gasteiger charge is -2.17. The first-order valence-electron chi connectivity index (χ1n) is 6.75. The molecule has 1 aromatic carbocycles. The normalized spacial score (nSPS) is 13.1. The molecule has 0 amide bonds. The molecule has 1 rings (SSSR count). The summed E-state index contributed by atoms with van der Waals surface area (Å²) in [5.74, 6) is 0. The van der Waals surface area contributed by atoms with Gasteiger partial charge < -0.3 is 5.32 Å². The summed E-state index contributed by atoms with van der Waals surface area (Å²) < 4.78 is 0. The maximum Gasteiger partial charge on any atom is 0.0317 e. The van der Waals surface area contributed by atoms with Crippen LogP contribution in [-0.2, 0) is 6.42 Å². The van der Waals surface area contributed by atoms with E-state index in [0.717, 1.165) is 25.8 Å². The summed E-state index contributed by atoms with van der Waals surface area (Å²) in [7, 11) is 0.